The number of amides is 2. The van der Waals surface area contributed by atoms with Crippen molar-refractivity contribution in [2.45, 2.75) is 25.3 Å². The fourth-order valence-electron chi connectivity index (χ4n) is 2.57. The lowest BCUT2D eigenvalue weighted by molar-refractivity contribution is -0.137. The van der Waals surface area contributed by atoms with Crippen molar-refractivity contribution >= 4 is 11.8 Å². The number of halogens is 1. The molecular weight excluding hydrogens is 273 g/mol. The molecule has 2 rings (SSSR count). The zero-order valence-electron chi connectivity index (χ0n) is 11.8. The van der Waals surface area contributed by atoms with Crippen LogP contribution in [-0.4, -0.2) is 42.4 Å². The lowest BCUT2D eigenvalue weighted by Gasteiger charge is -2.34. The third kappa shape index (κ3) is 4.53. The first-order valence-corrected chi connectivity index (χ1v) is 7.09. The van der Waals surface area contributed by atoms with Crippen LogP contribution in [0.5, 0.6) is 0 Å². The molecule has 0 aromatic heterocycles. The maximum Gasteiger partial charge on any atom is 0.237 e. The molecule has 1 atom stereocenters. The number of nitrogens with zero attached hydrogens (tertiary/aromatic N) is 1. The van der Waals surface area contributed by atoms with Crippen LogP contribution < -0.4 is 11.1 Å². The first-order valence-electron chi connectivity index (χ1n) is 7.09. The second-order valence-electron chi connectivity index (χ2n) is 5.29. The number of primary amides is 1. The zero-order valence-corrected chi connectivity index (χ0v) is 11.8. The number of nitrogens with one attached hydrogen (secondary N) is 1. The lowest BCUT2D eigenvalue weighted by Crippen LogP contribution is -2.51. The molecule has 6 heteroatoms. The van der Waals surface area contributed by atoms with Crippen molar-refractivity contribution in [2.24, 2.45) is 5.73 Å². The number of piperidine rings is 1. The summed E-state index contributed by atoms with van der Waals surface area (Å²) in [5.41, 5.74) is 5.97. The van der Waals surface area contributed by atoms with Gasteiger partial charge in [-0.2, -0.15) is 0 Å². The standard InChI is InChI=1S/C15H20FN3O2/c16-12-5-3-11(4-6-12)8-15(21)19(10-14(17)20)13-2-1-7-18-9-13/h3-6,13,18H,1-2,7-10H2,(H2,17,20). The SMILES string of the molecule is NC(=O)CN(C(=O)Cc1ccc(F)cc1)C1CCCNC1. The van der Waals surface area contributed by atoms with Gasteiger partial charge in [-0.1, -0.05) is 12.1 Å². The first kappa shape index (κ1) is 15.4. The van der Waals surface area contributed by atoms with Gasteiger partial charge in [0.2, 0.25) is 11.8 Å². The Hall–Kier alpha value is -1.95. The van der Waals surface area contributed by atoms with Crippen molar-refractivity contribution in [3.8, 4) is 0 Å². The van der Waals surface area contributed by atoms with Crippen LogP contribution in [0.15, 0.2) is 24.3 Å². The van der Waals surface area contributed by atoms with Crippen molar-refractivity contribution in [3.63, 3.8) is 0 Å². The van der Waals surface area contributed by atoms with Gasteiger partial charge in [-0.25, -0.2) is 4.39 Å². The van der Waals surface area contributed by atoms with E-state index in [2.05, 4.69) is 5.32 Å². The monoisotopic (exact) mass is 293 g/mol. The van der Waals surface area contributed by atoms with E-state index in [-0.39, 0.29) is 30.7 Å². The number of rotatable bonds is 5. The molecule has 2 amide bonds. The smallest absolute Gasteiger partial charge is 0.237 e. The molecule has 0 bridgehead atoms. The van der Waals surface area contributed by atoms with E-state index in [0.29, 0.717) is 6.54 Å². The fourth-order valence-corrected chi connectivity index (χ4v) is 2.57. The summed E-state index contributed by atoms with van der Waals surface area (Å²) < 4.78 is 12.9. The normalized spacial score (nSPS) is 18.2. The molecule has 0 saturated carbocycles. The Morgan fingerprint density at radius 3 is 2.62 bits per heavy atom. The average Bonchev–Trinajstić information content (AvgIpc) is 2.48. The molecule has 1 aromatic rings. The summed E-state index contributed by atoms with van der Waals surface area (Å²) in [4.78, 5) is 25.2. The van der Waals surface area contributed by atoms with Crippen LogP contribution in [0.1, 0.15) is 18.4 Å². The minimum Gasteiger partial charge on any atom is -0.368 e. The van der Waals surface area contributed by atoms with E-state index < -0.39 is 5.91 Å². The first-order chi connectivity index (χ1) is 10.1. The van der Waals surface area contributed by atoms with Crippen LogP contribution in [0, 0.1) is 5.82 Å². The highest BCUT2D eigenvalue weighted by Crippen LogP contribution is 2.13. The Labute approximate surface area is 123 Å². The highest BCUT2D eigenvalue weighted by Gasteiger charge is 2.26. The van der Waals surface area contributed by atoms with E-state index in [9.17, 15) is 14.0 Å². The number of benzene rings is 1. The summed E-state index contributed by atoms with van der Waals surface area (Å²) in [5.74, 6) is -1.01. The molecule has 3 N–H and O–H groups in total. The van der Waals surface area contributed by atoms with E-state index in [4.69, 9.17) is 5.73 Å². The molecule has 1 aromatic carbocycles. The van der Waals surface area contributed by atoms with Crippen molar-refractivity contribution in [1.82, 2.24) is 10.2 Å². The van der Waals surface area contributed by atoms with Gasteiger partial charge in [-0.05, 0) is 37.1 Å². The topological polar surface area (TPSA) is 75.4 Å². The summed E-state index contributed by atoms with van der Waals surface area (Å²) in [5, 5.41) is 3.22. The van der Waals surface area contributed by atoms with Crippen LogP contribution in [0.2, 0.25) is 0 Å². The Bertz CT molecular complexity index is 498. The van der Waals surface area contributed by atoms with Crippen molar-refractivity contribution in [3.05, 3.63) is 35.6 Å². The van der Waals surface area contributed by atoms with Gasteiger partial charge in [0.25, 0.3) is 0 Å². The van der Waals surface area contributed by atoms with Crippen LogP contribution in [0.25, 0.3) is 0 Å². The Kier molecular flexibility index (Phi) is 5.27. The third-order valence-corrected chi connectivity index (χ3v) is 3.63. The highest BCUT2D eigenvalue weighted by atomic mass is 19.1. The highest BCUT2D eigenvalue weighted by molar-refractivity contribution is 5.85. The number of carbonyl (C=O) groups is 2. The molecule has 0 spiro atoms. The van der Waals surface area contributed by atoms with E-state index in [0.717, 1.165) is 24.9 Å². The molecule has 1 aliphatic heterocycles. The quantitative estimate of drug-likeness (QED) is 0.827. The Morgan fingerprint density at radius 1 is 1.33 bits per heavy atom. The van der Waals surface area contributed by atoms with Crippen molar-refractivity contribution in [2.75, 3.05) is 19.6 Å². The maximum absolute atomic E-state index is 12.9. The average molecular weight is 293 g/mol. The molecule has 5 nitrogen and oxygen atoms in total. The molecule has 1 unspecified atom stereocenters. The molecule has 0 aliphatic carbocycles. The van der Waals surface area contributed by atoms with Crippen LogP contribution in [0.3, 0.4) is 0 Å². The molecule has 0 radical (unpaired) electrons. The predicted molar refractivity (Wildman–Crippen MR) is 76.9 cm³/mol. The maximum atomic E-state index is 12.9. The number of nitrogens with two attached hydrogens (primary N) is 1. The number of carbonyl (C=O) groups excluding carboxylic acids is 2. The minimum absolute atomic E-state index is 0.0146. The van der Waals surface area contributed by atoms with Gasteiger partial charge in [0, 0.05) is 12.6 Å². The summed E-state index contributed by atoms with van der Waals surface area (Å²) in [6, 6.07) is 5.79. The van der Waals surface area contributed by atoms with Gasteiger partial charge in [0.15, 0.2) is 0 Å². The van der Waals surface area contributed by atoms with E-state index >= 15 is 0 Å². The number of hydrogen-bond acceptors (Lipinski definition) is 3. The summed E-state index contributed by atoms with van der Waals surface area (Å²) in [7, 11) is 0. The summed E-state index contributed by atoms with van der Waals surface area (Å²) in [6.45, 7) is 1.52. The van der Waals surface area contributed by atoms with Crippen LogP contribution in [0.4, 0.5) is 4.39 Å². The van der Waals surface area contributed by atoms with E-state index in [1.807, 2.05) is 0 Å². The van der Waals surface area contributed by atoms with Crippen LogP contribution >= 0.6 is 0 Å². The minimum atomic E-state index is -0.520. The van der Waals surface area contributed by atoms with Gasteiger partial charge < -0.3 is 16.0 Å². The lowest BCUT2D eigenvalue weighted by atomic mass is 10.0. The molecule has 1 aliphatic rings. The van der Waals surface area contributed by atoms with Gasteiger partial charge >= 0.3 is 0 Å². The largest absolute Gasteiger partial charge is 0.368 e. The molecule has 21 heavy (non-hydrogen) atoms. The summed E-state index contributed by atoms with van der Waals surface area (Å²) in [6.07, 6.45) is 1.96. The molecule has 1 fully saturated rings. The summed E-state index contributed by atoms with van der Waals surface area (Å²) >= 11 is 0. The van der Waals surface area contributed by atoms with Gasteiger partial charge in [0.05, 0.1) is 13.0 Å². The second-order valence-corrected chi connectivity index (χ2v) is 5.29. The molecule has 1 heterocycles. The Morgan fingerprint density at radius 2 is 2.05 bits per heavy atom. The van der Waals surface area contributed by atoms with Gasteiger partial charge in [0.1, 0.15) is 5.82 Å². The fraction of sp³-hybridized carbons (Fsp3) is 0.467. The third-order valence-electron chi connectivity index (χ3n) is 3.63. The predicted octanol–water partition coefficient (Wildman–Crippen LogP) is 0.434. The second kappa shape index (κ2) is 7.17. The van der Waals surface area contributed by atoms with Gasteiger partial charge in [-0.15, -0.1) is 0 Å². The molecular formula is C15H20FN3O2. The Balaban J connectivity index is 2.05. The van der Waals surface area contributed by atoms with Crippen molar-refractivity contribution in [1.29, 1.82) is 0 Å². The van der Waals surface area contributed by atoms with Crippen LogP contribution in [-0.2, 0) is 16.0 Å². The van der Waals surface area contributed by atoms with E-state index in [1.54, 1.807) is 12.1 Å². The van der Waals surface area contributed by atoms with E-state index in [1.165, 1.54) is 17.0 Å². The van der Waals surface area contributed by atoms with Crippen molar-refractivity contribution < 1.29 is 14.0 Å². The van der Waals surface area contributed by atoms with Gasteiger partial charge in [-0.3, -0.25) is 9.59 Å². The molecule has 1 saturated heterocycles. The number of hydrogen-bond donors (Lipinski definition) is 2. The zero-order chi connectivity index (χ0) is 15.2. The molecule has 114 valence electrons.